The first kappa shape index (κ1) is 18.1. The number of hydrogen-bond donors (Lipinski definition) is 0. The van der Waals surface area contributed by atoms with Gasteiger partial charge in [-0.25, -0.2) is 0 Å². The molecular formula is C17H21AlO6. The molecule has 2 aromatic carbocycles. The van der Waals surface area contributed by atoms with Crippen molar-refractivity contribution < 1.29 is 26.5 Å². The highest BCUT2D eigenvalue weighted by Gasteiger charge is 2.30. The van der Waals surface area contributed by atoms with E-state index in [1.165, 1.54) is 0 Å². The molecule has 0 radical (unpaired) electrons. The molecule has 0 saturated heterocycles. The van der Waals surface area contributed by atoms with Crippen LogP contribution in [-0.4, -0.2) is 43.3 Å². The summed E-state index contributed by atoms with van der Waals surface area (Å²) < 4.78 is 33.4. The van der Waals surface area contributed by atoms with E-state index >= 15 is 0 Å². The van der Waals surface area contributed by atoms with Gasteiger partial charge in [-0.1, -0.05) is 12.1 Å². The lowest BCUT2D eigenvalue weighted by Gasteiger charge is -2.20. The van der Waals surface area contributed by atoms with Gasteiger partial charge in [0, 0.05) is 0 Å². The van der Waals surface area contributed by atoms with Crippen LogP contribution in [0.3, 0.4) is 0 Å². The van der Waals surface area contributed by atoms with E-state index in [1.54, 1.807) is 28.4 Å². The van der Waals surface area contributed by atoms with Crippen molar-refractivity contribution >= 4 is 14.8 Å². The third-order valence-electron chi connectivity index (χ3n) is 3.33. The van der Waals surface area contributed by atoms with Gasteiger partial charge < -0.3 is 26.5 Å². The first-order chi connectivity index (χ1) is 11.6. The van der Waals surface area contributed by atoms with E-state index in [-0.39, 0.29) is 0 Å². The summed E-state index contributed by atoms with van der Waals surface area (Å²) in [6.45, 7) is 0. The summed E-state index contributed by atoms with van der Waals surface area (Å²) in [6, 6.07) is 10.9. The molecule has 0 unspecified atom stereocenters. The van der Waals surface area contributed by atoms with E-state index < -0.39 is 14.8 Å². The third kappa shape index (κ3) is 3.99. The van der Waals surface area contributed by atoms with Crippen molar-refractivity contribution in [1.82, 2.24) is 0 Å². The Labute approximate surface area is 146 Å². The monoisotopic (exact) mass is 348 g/mol. The molecule has 24 heavy (non-hydrogen) atoms. The second kappa shape index (κ2) is 8.58. The average molecular weight is 348 g/mol. The van der Waals surface area contributed by atoms with Crippen molar-refractivity contribution in [3.8, 4) is 34.5 Å². The Hall–Kier alpha value is -2.23. The summed E-state index contributed by atoms with van der Waals surface area (Å²) >= 11 is -2.14. The SMILES string of the molecule is COc1cccc(OC)c1[O][Al]([CH3])[O]c1c(OC)cccc1OC. The van der Waals surface area contributed by atoms with Gasteiger partial charge in [0.2, 0.25) is 0 Å². The Morgan fingerprint density at radius 1 is 0.583 bits per heavy atom. The molecule has 0 N–H and O–H groups in total. The Morgan fingerprint density at radius 3 is 1.12 bits per heavy atom. The smallest absolute Gasteiger partial charge is 0.607 e. The van der Waals surface area contributed by atoms with Crippen LogP contribution in [0.4, 0.5) is 0 Å². The first-order valence-electron chi connectivity index (χ1n) is 7.39. The zero-order chi connectivity index (χ0) is 17.5. The lowest BCUT2D eigenvalue weighted by Crippen LogP contribution is -2.26. The summed E-state index contributed by atoms with van der Waals surface area (Å²) in [5, 5.41) is 0. The predicted octanol–water partition coefficient (Wildman–Crippen LogP) is 3.30. The van der Waals surface area contributed by atoms with Gasteiger partial charge in [0.05, 0.1) is 28.4 Å². The minimum atomic E-state index is -2.14. The fourth-order valence-electron chi connectivity index (χ4n) is 2.22. The van der Waals surface area contributed by atoms with Gasteiger partial charge in [0.15, 0.2) is 34.5 Å². The highest BCUT2D eigenvalue weighted by Crippen LogP contribution is 2.40. The standard InChI is InChI=1S/2C8H10O3.CH3.Al/c2*1-10-6-4-3-5-7(11-2)8(6)9;;/h2*3-5,9H,1-2H3;1H3;/q;;;+2/p-2. The lowest BCUT2D eigenvalue weighted by molar-refractivity contribution is 0.328. The highest BCUT2D eigenvalue weighted by molar-refractivity contribution is 6.44. The first-order valence-corrected chi connectivity index (χ1v) is 9.49. The molecule has 7 heteroatoms. The largest absolute Gasteiger partial charge is 0.853 e. The van der Waals surface area contributed by atoms with Crippen molar-refractivity contribution in [2.45, 2.75) is 5.79 Å². The molecule has 0 atom stereocenters. The molecule has 0 saturated carbocycles. The molecule has 2 aromatic rings. The van der Waals surface area contributed by atoms with E-state index in [0.29, 0.717) is 34.5 Å². The van der Waals surface area contributed by atoms with Crippen LogP contribution in [0.15, 0.2) is 36.4 Å². The number of methoxy groups -OCH3 is 4. The quantitative estimate of drug-likeness (QED) is 0.683. The van der Waals surface area contributed by atoms with Crippen molar-refractivity contribution in [1.29, 1.82) is 0 Å². The Morgan fingerprint density at radius 2 is 0.875 bits per heavy atom. The number of benzene rings is 2. The minimum absolute atomic E-state index is 0.524. The number of para-hydroxylation sites is 2. The van der Waals surface area contributed by atoms with E-state index in [0.717, 1.165) is 0 Å². The summed E-state index contributed by atoms with van der Waals surface area (Å²) in [4.78, 5) is 0. The lowest BCUT2D eigenvalue weighted by atomic mass is 10.3. The van der Waals surface area contributed by atoms with E-state index in [9.17, 15) is 0 Å². The Bertz CT molecular complexity index is 574. The molecule has 0 heterocycles. The van der Waals surface area contributed by atoms with E-state index in [1.807, 2.05) is 42.2 Å². The topological polar surface area (TPSA) is 55.4 Å². The molecule has 128 valence electrons. The molecule has 6 nitrogen and oxygen atoms in total. The molecule has 0 spiro atoms. The fourth-order valence-corrected chi connectivity index (χ4v) is 3.40. The van der Waals surface area contributed by atoms with Crippen LogP contribution >= 0.6 is 0 Å². The summed E-state index contributed by atoms with van der Waals surface area (Å²) in [7, 11) is 6.33. The maximum Gasteiger partial charge on any atom is 0.853 e. The van der Waals surface area contributed by atoms with Gasteiger partial charge in [0.25, 0.3) is 0 Å². The number of hydrogen-bond acceptors (Lipinski definition) is 6. The molecule has 2 rings (SSSR count). The molecule has 0 aliphatic heterocycles. The number of ether oxygens (including phenoxy) is 4. The zero-order valence-electron chi connectivity index (χ0n) is 14.5. The second-order valence-corrected chi connectivity index (χ2v) is 6.39. The van der Waals surface area contributed by atoms with Crippen molar-refractivity contribution in [2.24, 2.45) is 0 Å². The minimum Gasteiger partial charge on any atom is -0.607 e. The van der Waals surface area contributed by atoms with Crippen LogP contribution in [0.25, 0.3) is 0 Å². The molecule has 0 bridgehead atoms. The second-order valence-electron chi connectivity index (χ2n) is 4.79. The highest BCUT2D eigenvalue weighted by atomic mass is 27.2. The van der Waals surface area contributed by atoms with Crippen LogP contribution in [0.2, 0.25) is 5.79 Å². The zero-order valence-corrected chi connectivity index (χ0v) is 15.6. The molecule has 0 aliphatic carbocycles. The molecule has 0 amide bonds. The van der Waals surface area contributed by atoms with E-state index in [4.69, 9.17) is 26.5 Å². The van der Waals surface area contributed by atoms with Gasteiger partial charge in [-0.15, -0.1) is 0 Å². The maximum atomic E-state index is 6.02. The van der Waals surface area contributed by atoms with Gasteiger partial charge in [-0.2, -0.15) is 0 Å². The van der Waals surface area contributed by atoms with Crippen LogP contribution in [0, 0.1) is 0 Å². The Balaban J connectivity index is 2.25. The summed E-state index contributed by atoms with van der Waals surface area (Å²) in [5.74, 6) is 5.30. The summed E-state index contributed by atoms with van der Waals surface area (Å²) in [6.07, 6.45) is 0. The van der Waals surface area contributed by atoms with Crippen molar-refractivity contribution in [2.75, 3.05) is 28.4 Å². The molecular weight excluding hydrogens is 327 g/mol. The van der Waals surface area contributed by atoms with Crippen LogP contribution < -0.4 is 26.5 Å². The van der Waals surface area contributed by atoms with Crippen LogP contribution in [0.1, 0.15) is 0 Å². The third-order valence-corrected chi connectivity index (χ3v) is 4.47. The van der Waals surface area contributed by atoms with Gasteiger partial charge >= 0.3 is 14.8 Å². The van der Waals surface area contributed by atoms with Crippen LogP contribution in [-0.2, 0) is 0 Å². The fraction of sp³-hybridized carbons (Fsp3) is 0.294. The van der Waals surface area contributed by atoms with Gasteiger partial charge in [-0.3, -0.25) is 0 Å². The molecule has 0 aliphatic rings. The van der Waals surface area contributed by atoms with Crippen molar-refractivity contribution in [3.05, 3.63) is 36.4 Å². The Kier molecular flexibility index (Phi) is 6.47. The van der Waals surface area contributed by atoms with E-state index in [2.05, 4.69) is 0 Å². The molecule has 0 fully saturated rings. The number of rotatable bonds is 8. The van der Waals surface area contributed by atoms with Crippen LogP contribution in [0.5, 0.6) is 34.5 Å². The van der Waals surface area contributed by atoms with Crippen molar-refractivity contribution in [3.63, 3.8) is 0 Å². The predicted molar refractivity (Wildman–Crippen MR) is 92.0 cm³/mol. The normalized spacial score (nSPS) is 9.88. The maximum absolute atomic E-state index is 6.02. The summed E-state index contributed by atoms with van der Waals surface area (Å²) in [5.41, 5.74) is 0. The van der Waals surface area contributed by atoms with Gasteiger partial charge in [-0.05, 0) is 30.1 Å². The molecule has 0 aromatic heterocycles. The van der Waals surface area contributed by atoms with Gasteiger partial charge in [0.1, 0.15) is 0 Å². The average Bonchev–Trinajstić information content (AvgIpc) is 2.61.